The predicted octanol–water partition coefficient (Wildman–Crippen LogP) is 4.82. The summed E-state index contributed by atoms with van der Waals surface area (Å²) >= 11 is 13.0. The molecule has 3 rings (SSSR count). The lowest BCUT2D eigenvalue weighted by molar-refractivity contribution is 0.572. The Kier molecular flexibility index (Phi) is 4.77. The molecule has 0 aliphatic rings. The first kappa shape index (κ1) is 16.5. The maximum Gasteiger partial charge on any atom is 0.226 e. The van der Waals surface area contributed by atoms with Crippen molar-refractivity contribution in [1.82, 2.24) is 4.98 Å². The third-order valence-corrected chi connectivity index (χ3v) is 6.12. The Labute approximate surface area is 147 Å². The number of nitrogens with zero attached hydrogens (tertiary/aromatic N) is 1. The summed E-state index contributed by atoms with van der Waals surface area (Å²) in [6.07, 6.45) is 1.36. The first-order chi connectivity index (χ1) is 10.9. The molecule has 0 saturated heterocycles. The number of sulfone groups is 1. The second-order valence-electron chi connectivity index (χ2n) is 4.89. The van der Waals surface area contributed by atoms with E-state index >= 15 is 0 Å². The predicted molar refractivity (Wildman–Crippen MR) is 92.6 cm³/mol. The molecule has 0 unspecified atom stereocenters. The van der Waals surface area contributed by atoms with Crippen molar-refractivity contribution in [1.29, 1.82) is 0 Å². The molecule has 2 heterocycles. The molecule has 8 heteroatoms. The lowest BCUT2D eigenvalue weighted by atomic mass is 10.2. The lowest BCUT2D eigenvalue weighted by Gasteiger charge is -1.99. The van der Waals surface area contributed by atoms with E-state index in [9.17, 15) is 8.42 Å². The van der Waals surface area contributed by atoms with E-state index in [1.54, 1.807) is 36.4 Å². The third kappa shape index (κ3) is 4.35. The van der Waals surface area contributed by atoms with Crippen LogP contribution in [-0.4, -0.2) is 13.4 Å². The van der Waals surface area contributed by atoms with Crippen molar-refractivity contribution in [2.24, 2.45) is 0 Å². The van der Waals surface area contributed by atoms with Crippen LogP contribution in [0.1, 0.15) is 10.6 Å². The molecule has 0 bridgehead atoms. The highest BCUT2D eigenvalue weighted by molar-refractivity contribution is 7.90. The van der Waals surface area contributed by atoms with E-state index in [2.05, 4.69) is 4.98 Å². The normalized spacial score (nSPS) is 11.7. The van der Waals surface area contributed by atoms with Gasteiger partial charge in [-0.25, -0.2) is 13.4 Å². The van der Waals surface area contributed by atoms with Gasteiger partial charge in [0.05, 0.1) is 21.5 Å². The Morgan fingerprint density at radius 2 is 1.96 bits per heavy atom. The molecule has 0 fully saturated rings. The molecule has 0 atom stereocenters. The van der Waals surface area contributed by atoms with Gasteiger partial charge in [0, 0.05) is 15.5 Å². The standard InChI is InChI=1S/C15H11Cl2NO3S2/c16-11-3-1-2-10(6-11)15-18-12(7-21-15)8-23(19,20)9-13-4-5-14(17)22-13/h1-7H,8-9H2. The average molecular weight is 388 g/mol. The Bertz CT molecular complexity index is 932. The van der Waals surface area contributed by atoms with Crippen LogP contribution in [0, 0.1) is 0 Å². The molecule has 0 saturated carbocycles. The Morgan fingerprint density at radius 3 is 2.65 bits per heavy atom. The van der Waals surface area contributed by atoms with E-state index in [0.717, 1.165) is 0 Å². The largest absolute Gasteiger partial charge is 0.444 e. The van der Waals surface area contributed by atoms with E-state index in [-0.39, 0.29) is 11.5 Å². The molecule has 0 aliphatic carbocycles. The molecular weight excluding hydrogens is 377 g/mol. The molecular formula is C15H11Cl2NO3S2. The summed E-state index contributed by atoms with van der Waals surface area (Å²) in [6, 6.07) is 10.4. The van der Waals surface area contributed by atoms with Gasteiger partial charge in [-0.1, -0.05) is 29.3 Å². The second-order valence-corrected chi connectivity index (χ2v) is 9.19. The summed E-state index contributed by atoms with van der Waals surface area (Å²) < 4.78 is 30.4. The lowest BCUT2D eigenvalue weighted by Crippen LogP contribution is -2.06. The van der Waals surface area contributed by atoms with Gasteiger partial charge < -0.3 is 4.42 Å². The average Bonchev–Trinajstić information content (AvgIpc) is 3.07. The molecule has 2 aromatic heterocycles. The molecule has 1 aromatic carbocycles. The van der Waals surface area contributed by atoms with Gasteiger partial charge in [-0.05, 0) is 30.3 Å². The van der Waals surface area contributed by atoms with Crippen LogP contribution in [0.2, 0.25) is 9.36 Å². The smallest absolute Gasteiger partial charge is 0.226 e. The first-order valence-corrected chi connectivity index (χ1v) is 9.96. The minimum Gasteiger partial charge on any atom is -0.444 e. The fraction of sp³-hybridized carbons (Fsp3) is 0.133. The maximum atomic E-state index is 12.2. The zero-order valence-electron chi connectivity index (χ0n) is 11.7. The van der Waals surface area contributed by atoms with Crippen LogP contribution in [0.4, 0.5) is 0 Å². The van der Waals surface area contributed by atoms with E-state index in [1.165, 1.54) is 17.6 Å². The Balaban J connectivity index is 1.75. The van der Waals surface area contributed by atoms with Gasteiger partial charge in [0.1, 0.15) is 6.26 Å². The van der Waals surface area contributed by atoms with E-state index in [1.807, 2.05) is 0 Å². The minimum atomic E-state index is -3.35. The van der Waals surface area contributed by atoms with Crippen molar-refractivity contribution >= 4 is 44.4 Å². The van der Waals surface area contributed by atoms with Crippen molar-refractivity contribution in [3.8, 4) is 11.5 Å². The summed E-state index contributed by atoms with van der Waals surface area (Å²) in [5, 5.41) is 0.560. The molecule has 0 N–H and O–H groups in total. The number of halogens is 2. The highest BCUT2D eigenvalue weighted by Gasteiger charge is 2.18. The van der Waals surface area contributed by atoms with E-state index in [4.69, 9.17) is 27.6 Å². The first-order valence-electron chi connectivity index (χ1n) is 6.56. The monoisotopic (exact) mass is 387 g/mol. The van der Waals surface area contributed by atoms with Crippen LogP contribution < -0.4 is 0 Å². The highest BCUT2D eigenvalue weighted by Crippen LogP contribution is 2.25. The van der Waals surface area contributed by atoms with Gasteiger partial charge in [0.25, 0.3) is 0 Å². The van der Waals surface area contributed by atoms with Crippen LogP contribution >= 0.6 is 34.5 Å². The van der Waals surface area contributed by atoms with Crippen molar-refractivity contribution in [2.75, 3.05) is 0 Å². The van der Waals surface area contributed by atoms with Crippen molar-refractivity contribution < 1.29 is 12.8 Å². The van der Waals surface area contributed by atoms with Crippen LogP contribution in [0.5, 0.6) is 0 Å². The molecule has 3 aromatic rings. The molecule has 0 spiro atoms. The van der Waals surface area contributed by atoms with Crippen LogP contribution in [-0.2, 0) is 21.3 Å². The number of hydrogen-bond acceptors (Lipinski definition) is 5. The zero-order valence-corrected chi connectivity index (χ0v) is 14.8. The molecule has 120 valence electrons. The molecule has 0 amide bonds. The highest BCUT2D eigenvalue weighted by atomic mass is 35.5. The van der Waals surface area contributed by atoms with Crippen LogP contribution in [0.3, 0.4) is 0 Å². The number of aromatic nitrogens is 1. The SMILES string of the molecule is O=S(=O)(Cc1coc(-c2cccc(Cl)c2)n1)Cc1ccc(Cl)s1. The molecule has 0 aliphatic heterocycles. The number of benzene rings is 1. The number of thiophene rings is 1. The Morgan fingerprint density at radius 1 is 1.13 bits per heavy atom. The second kappa shape index (κ2) is 6.65. The zero-order chi connectivity index (χ0) is 16.4. The summed E-state index contributed by atoms with van der Waals surface area (Å²) in [5.74, 6) is 0.0907. The van der Waals surface area contributed by atoms with Crippen LogP contribution in [0.25, 0.3) is 11.5 Å². The third-order valence-electron chi connectivity index (χ3n) is 2.98. The molecule has 0 radical (unpaired) electrons. The fourth-order valence-corrected chi connectivity index (χ4v) is 5.11. The van der Waals surface area contributed by atoms with Crippen LogP contribution in [0.15, 0.2) is 47.1 Å². The maximum absolute atomic E-state index is 12.2. The van der Waals surface area contributed by atoms with Gasteiger partial charge in [0.2, 0.25) is 5.89 Å². The van der Waals surface area contributed by atoms with Gasteiger partial charge in [-0.15, -0.1) is 11.3 Å². The summed E-state index contributed by atoms with van der Waals surface area (Å²) in [5.41, 5.74) is 1.06. The number of oxazole rings is 1. The minimum absolute atomic E-state index is 0.0657. The fourth-order valence-electron chi connectivity index (χ4n) is 2.05. The topological polar surface area (TPSA) is 60.2 Å². The van der Waals surface area contributed by atoms with E-state index < -0.39 is 9.84 Å². The Hall–Kier alpha value is -1.34. The van der Waals surface area contributed by atoms with E-state index in [0.29, 0.717) is 31.4 Å². The summed E-state index contributed by atoms with van der Waals surface area (Å²) in [4.78, 5) is 4.93. The van der Waals surface area contributed by atoms with Crippen molar-refractivity contribution in [2.45, 2.75) is 11.5 Å². The molecule has 23 heavy (non-hydrogen) atoms. The summed E-state index contributed by atoms with van der Waals surface area (Å²) in [6.45, 7) is 0. The molecule has 4 nitrogen and oxygen atoms in total. The number of hydrogen-bond donors (Lipinski definition) is 0. The van der Waals surface area contributed by atoms with Gasteiger partial charge in [0.15, 0.2) is 9.84 Å². The quantitative estimate of drug-likeness (QED) is 0.629. The number of rotatable bonds is 5. The van der Waals surface area contributed by atoms with Crippen molar-refractivity contribution in [3.05, 3.63) is 62.6 Å². The summed E-state index contributed by atoms with van der Waals surface area (Å²) in [7, 11) is -3.35. The van der Waals surface area contributed by atoms with Crippen molar-refractivity contribution in [3.63, 3.8) is 0 Å². The van der Waals surface area contributed by atoms with Gasteiger partial charge in [-0.3, -0.25) is 0 Å². The van der Waals surface area contributed by atoms with Gasteiger partial charge >= 0.3 is 0 Å². The van der Waals surface area contributed by atoms with Gasteiger partial charge in [-0.2, -0.15) is 0 Å².